The number of nitrogens with one attached hydrogen (secondary N) is 2. The number of alkyl halides is 6. The van der Waals surface area contributed by atoms with E-state index in [-0.39, 0.29) is 18.1 Å². The van der Waals surface area contributed by atoms with Crippen LogP contribution in [0.4, 0.5) is 32.0 Å². The van der Waals surface area contributed by atoms with Crippen molar-refractivity contribution in [3.8, 4) is 5.75 Å². The van der Waals surface area contributed by atoms with Crippen molar-refractivity contribution in [2.75, 3.05) is 29.9 Å². The minimum Gasteiger partial charge on any atom is -0.493 e. The van der Waals surface area contributed by atoms with Crippen LogP contribution in [-0.4, -0.2) is 54.1 Å². The van der Waals surface area contributed by atoms with E-state index in [0.29, 0.717) is 18.2 Å². The molecule has 210 valence electrons. The number of sulfonamides is 1. The second-order valence-electron chi connectivity index (χ2n) is 7.92. The van der Waals surface area contributed by atoms with Crippen molar-refractivity contribution in [1.82, 2.24) is 5.32 Å². The highest BCUT2D eigenvalue weighted by molar-refractivity contribution is 7.92. The SMILES string of the molecule is C=C(CCNC(=O)c1ccc(C(F)(F)F)cc1NS(=O)(=O)c1ccc(OCCS(C)(=O)=O)cc1)C(F)(F)F. The summed E-state index contributed by atoms with van der Waals surface area (Å²) < 4.78 is 132. The fourth-order valence-electron chi connectivity index (χ4n) is 2.80. The molecule has 0 aromatic heterocycles. The first kappa shape index (κ1) is 31.0. The molecule has 2 aromatic rings. The molecule has 0 aliphatic heterocycles. The van der Waals surface area contributed by atoms with Gasteiger partial charge in [-0.05, 0) is 48.9 Å². The maximum atomic E-state index is 13.2. The van der Waals surface area contributed by atoms with E-state index >= 15 is 0 Å². The predicted molar refractivity (Wildman–Crippen MR) is 126 cm³/mol. The van der Waals surface area contributed by atoms with Crippen LogP contribution in [0, 0.1) is 0 Å². The van der Waals surface area contributed by atoms with Crippen molar-refractivity contribution < 1.29 is 52.7 Å². The Kier molecular flexibility index (Phi) is 9.48. The van der Waals surface area contributed by atoms with Gasteiger partial charge in [-0.3, -0.25) is 9.52 Å². The molecule has 0 unspecified atom stereocenters. The van der Waals surface area contributed by atoms with Crippen LogP contribution >= 0.6 is 0 Å². The smallest absolute Gasteiger partial charge is 0.416 e. The van der Waals surface area contributed by atoms with E-state index in [1.807, 2.05) is 4.72 Å². The minimum absolute atomic E-state index is 0.118. The number of carbonyl (C=O) groups is 1. The van der Waals surface area contributed by atoms with Gasteiger partial charge >= 0.3 is 12.4 Å². The number of rotatable bonds is 11. The molecule has 0 fully saturated rings. The van der Waals surface area contributed by atoms with Gasteiger partial charge in [0, 0.05) is 18.4 Å². The van der Waals surface area contributed by atoms with Crippen molar-refractivity contribution in [1.29, 1.82) is 0 Å². The molecule has 0 atom stereocenters. The summed E-state index contributed by atoms with van der Waals surface area (Å²) in [6.45, 7) is 2.07. The van der Waals surface area contributed by atoms with Gasteiger partial charge in [0.15, 0.2) is 9.84 Å². The van der Waals surface area contributed by atoms with E-state index in [1.165, 1.54) is 12.1 Å². The number of amides is 1. The van der Waals surface area contributed by atoms with Gasteiger partial charge in [-0.15, -0.1) is 0 Å². The normalized spacial score (nSPS) is 12.6. The van der Waals surface area contributed by atoms with Gasteiger partial charge in [-0.1, -0.05) is 6.58 Å². The summed E-state index contributed by atoms with van der Waals surface area (Å²) >= 11 is 0. The number of halogens is 6. The molecule has 0 bridgehead atoms. The van der Waals surface area contributed by atoms with Gasteiger partial charge in [-0.25, -0.2) is 16.8 Å². The lowest BCUT2D eigenvalue weighted by Crippen LogP contribution is -2.28. The molecule has 38 heavy (non-hydrogen) atoms. The van der Waals surface area contributed by atoms with Crippen LogP contribution in [0.25, 0.3) is 0 Å². The molecule has 8 nitrogen and oxygen atoms in total. The van der Waals surface area contributed by atoms with Crippen molar-refractivity contribution >= 4 is 31.5 Å². The molecule has 2 aromatic carbocycles. The number of hydrogen-bond acceptors (Lipinski definition) is 6. The Bertz CT molecular complexity index is 1390. The Hall–Kier alpha value is -3.27. The quantitative estimate of drug-likeness (QED) is 0.301. The van der Waals surface area contributed by atoms with Gasteiger partial charge in [0.1, 0.15) is 12.4 Å². The lowest BCUT2D eigenvalue weighted by molar-refractivity contribution is -0.137. The predicted octanol–water partition coefficient (Wildman–Crippen LogP) is 4.17. The summed E-state index contributed by atoms with van der Waals surface area (Å²) in [6, 6.07) is 6.03. The summed E-state index contributed by atoms with van der Waals surface area (Å²) in [5.74, 6) is -1.30. The van der Waals surface area contributed by atoms with Gasteiger partial charge in [0.25, 0.3) is 15.9 Å². The summed E-state index contributed by atoms with van der Waals surface area (Å²) in [4.78, 5) is 12.1. The molecule has 0 aliphatic rings. The van der Waals surface area contributed by atoms with Crippen molar-refractivity contribution in [2.45, 2.75) is 23.7 Å². The van der Waals surface area contributed by atoms with Crippen LogP contribution in [0.2, 0.25) is 0 Å². The second kappa shape index (κ2) is 11.6. The maximum Gasteiger partial charge on any atom is 0.416 e. The zero-order valence-corrected chi connectivity index (χ0v) is 21.2. The molecule has 0 aliphatic carbocycles. The summed E-state index contributed by atoms with van der Waals surface area (Å²) in [5, 5.41) is 2.09. The van der Waals surface area contributed by atoms with Crippen LogP contribution in [0.1, 0.15) is 22.3 Å². The zero-order valence-electron chi connectivity index (χ0n) is 19.6. The molecular formula is C22H22F6N2O6S2. The average molecular weight is 589 g/mol. The van der Waals surface area contributed by atoms with Gasteiger partial charge < -0.3 is 10.1 Å². The van der Waals surface area contributed by atoms with Crippen molar-refractivity contribution in [2.24, 2.45) is 0 Å². The Balaban J connectivity index is 2.27. The van der Waals surface area contributed by atoms with Gasteiger partial charge in [0.05, 0.1) is 27.5 Å². The van der Waals surface area contributed by atoms with E-state index in [2.05, 4.69) is 11.9 Å². The first-order chi connectivity index (χ1) is 17.3. The Labute approximate surface area is 214 Å². The first-order valence-corrected chi connectivity index (χ1v) is 14.0. The molecule has 0 radical (unpaired) electrons. The highest BCUT2D eigenvalue weighted by Gasteiger charge is 2.33. The number of sulfone groups is 1. The third kappa shape index (κ3) is 9.24. The Morgan fingerprint density at radius 1 is 0.974 bits per heavy atom. The van der Waals surface area contributed by atoms with E-state index in [0.717, 1.165) is 18.4 Å². The van der Waals surface area contributed by atoms with Gasteiger partial charge in [0.2, 0.25) is 0 Å². The molecule has 0 saturated heterocycles. The highest BCUT2D eigenvalue weighted by atomic mass is 32.2. The first-order valence-electron chi connectivity index (χ1n) is 10.5. The highest BCUT2D eigenvalue weighted by Crippen LogP contribution is 2.33. The molecule has 0 heterocycles. The Morgan fingerprint density at radius 2 is 1.58 bits per heavy atom. The molecule has 2 rings (SSSR count). The van der Waals surface area contributed by atoms with E-state index in [4.69, 9.17) is 4.74 Å². The molecular weight excluding hydrogens is 566 g/mol. The average Bonchev–Trinajstić information content (AvgIpc) is 2.77. The molecule has 2 N–H and O–H groups in total. The van der Waals surface area contributed by atoms with Crippen LogP contribution in [-0.2, 0) is 26.0 Å². The third-order valence-corrected chi connectivity index (χ3v) is 7.10. The van der Waals surface area contributed by atoms with Crippen LogP contribution < -0.4 is 14.8 Å². The summed E-state index contributed by atoms with van der Waals surface area (Å²) in [7, 11) is -7.86. The zero-order chi connectivity index (χ0) is 28.9. The number of anilines is 1. The second-order valence-corrected chi connectivity index (χ2v) is 11.9. The van der Waals surface area contributed by atoms with Crippen LogP contribution in [0.15, 0.2) is 59.5 Å². The van der Waals surface area contributed by atoms with E-state index in [1.54, 1.807) is 0 Å². The van der Waals surface area contributed by atoms with Crippen LogP contribution in [0.3, 0.4) is 0 Å². The van der Waals surface area contributed by atoms with Gasteiger partial charge in [-0.2, -0.15) is 26.3 Å². The monoisotopic (exact) mass is 588 g/mol. The molecule has 0 saturated carbocycles. The summed E-state index contributed by atoms with van der Waals surface area (Å²) in [6.07, 6.45) is -9.30. The van der Waals surface area contributed by atoms with Crippen molar-refractivity contribution in [3.05, 3.63) is 65.7 Å². The number of benzene rings is 2. The molecule has 16 heteroatoms. The third-order valence-electron chi connectivity index (χ3n) is 4.81. The lowest BCUT2D eigenvalue weighted by Gasteiger charge is -2.16. The number of hydrogen-bond donors (Lipinski definition) is 2. The molecule has 0 spiro atoms. The summed E-state index contributed by atoms with van der Waals surface area (Å²) in [5.41, 5.74) is -3.76. The fraction of sp³-hybridized carbons (Fsp3) is 0.318. The topological polar surface area (TPSA) is 119 Å². The molecule has 1 amide bonds. The fourth-order valence-corrected chi connectivity index (χ4v) is 4.25. The Morgan fingerprint density at radius 3 is 2.11 bits per heavy atom. The largest absolute Gasteiger partial charge is 0.493 e. The maximum absolute atomic E-state index is 13.2. The van der Waals surface area contributed by atoms with E-state index in [9.17, 15) is 48.0 Å². The number of carbonyl (C=O) groups excluding carboxylic acids is 1. The standard InChI is InChI=1S/C22H22F6N2O6S2/c1-14(21(23,24)25)9-10-29-20(31)18-8-3-15(22(26,27)28)13-19(18)30-38(34,35)17-6-4-16(5-7-17)36-11-12-37(2,32)33/h3-8,13,30H,1,9-12H2,2H3,(H,29,31). The van der Waals surface area contributed by atoms with E-state index < -0.39 is 78.4 Å². The minimum atomic E-state index is -4.90. The lowest BCUT2D eigenvalue weighted by atomic mass is 10.1. The van der Waals surface area contributed by atoms with Crippen molar-refractivity contribution in [3.63, 3.8) is 0 Å². The van der Waals surface area contributed by atoms with Crippen LogP contribution in [0.5, 0.6) is 5.75 Å². The number of ether oxygens (including phenoxy) is 1.